The molecular weight excluding hydrogens is 228 g/mol. The van der Waals surface area contributed by atoms with E-state index in [2.05, 4.69) is 20.4 Å². The smallest absolute Gasteiger partial charge is 0.222 e. The van der Waals surface area contributed by atoms with Gasteiger partial charge in [0, 0.05) is 32.7 Å². The number of ether oxygens (including phenoxy) is 1. The minimum absolute atomic E-state index is 0.160. The Balaban J connectivity index is 3.66. The molecule has 0 saturated heterocycles. The van der Waals surface area contributed by atoms with Gasteiger partial charge in [0.1, 0.15) is 0 Å². The average molecular weight is 256 g/mol. The van der Waals surface area contributed by atoms with E-state index >= 15 is 0 Å². The first-order chi connectivity index (χ1) is 8.49. The van der Waals surface area contributed by atoms with E-state index in [9.17, 15) is 4.79 Å². The van der Waals surface area contributed by atoms with Crippen LogP contribution in [0.15, 0.2) is 12.7 Å². The molecule has 4 heteroatoms. The molecule has 0 saturated carbocycles. The zero-order valence-electron chi connectivity index (χ0n) is 12.0. The van der Waals surface area contributed by atoms with Crippen molar-refractivity contribution in [2.75, 3.05) is 26.8 Å². The number of amides is 1. The van der Waals surface area contributed by atoms with Crippen molar-refractivity contribution in [3.8, 4) is 0 Å². The van der Waals surface area contributed by atoms with Crippen LogP contribution in [-0.4, -0.2) is 43.7 Å². The van der Waals surface area contributed by atoms with Crippen molar-refractivity contribution in [1.82, 2.24) is 4.90 Å². The molecule has 2 N–H and O–H groups in total. The van der Waals surface area contributed by atoms with Crippen molar-refractivity contribution < 1.29 is 9.53 Å². The summed E-state index contributed by atoms with van der Waals surface area (Å²) in [5.74, 6) is 0.619. The molecule has 0 rings (SSSR count). The number of nitrogens with zero attached hydrogens (tertiary/aromatic N) is 1. The summed E-state index contributed by atoms with van der Waals surface area (Å²) in [5, 5.41) is 0. The molecule has 18 heavy (non-hydrogen) atoms. The van der Waals surface area contributed by atoms with Crippen LogP contribution in [0.2, 0.25) is 0 Å². The van der Waals surface area contributed by atoms with E-state index in [0.717, 1.165) is 19.4 Å². The number of nitrogens with two attached hydrogens (primary N) is 1. The fourth-order valence-electron chi connectivity index (χ4n) is 1.48. The van der Waals surface area contributed by atoms with Crippen LogP contribution in [0.4, 0.5) is 0 Å². The van der Waals surface area contributed by atoms with E-state index < -0.39 is 0 Å². The van der Waals surface area contributed by atoms with E-state index in [-0.39, 0.29) is 11.9 Å². The SMILES string of the molecule is C=CCOCCCC(=O)N(C)CCC(N)C(C)C. The molecule has 0 aromatic rings. The lowest BCUT2D eigenvalue weighted by Crippen LogP contribution is -2.34. The molecule has 1 atom stereocenters. The summed E-state index contributed by atoms with van der Waals surface area (Å²) in [6.45, 7) is 9.65. The summed E-state index contributed by atoms with van der Waals surface area (Å²) in [4.78, 5) is 13.5. The third kappa shape index (κ3) is 8.25. The van der Waals surface area contributed by atoms with Gasteiger partial charge in [-0.25, -0.2) is 0 Å². The van der Waals surface area contributed by atoms with Gasteiger partial charge >= 0.3 is 0 Å². The highest BCUT2D eigenvalue weighted by Gasteiger charge is 2.12. The number of carbonyl (C=O) groups excluding carboxylic acids is 1. The number of rotatable bonds is 10. The van der Waals surface area contributed by atoms with Crippen molar-refractivity contribution in [3.63, 3.8) is 0 Å². The summed E-state index contributed by atoms with van der Waals surface area (Å²) < 4.78 is 5.23. The normalized spacial score (nSPS) is 12.5. The third-order valence-corrected chi connectivity index (χ3v) is 2.99. The number of hydrogen-bond acceptors (Lipinski definition) is 3. The number of carbonyl (C=O) groups is 1. The Bertz CT molecular complexity index is 242. The summed E-state index contributed by atoms with van der Waals surface area (Å²) in [7, 11) is 1.83. The zero-order chi connectivity index (χ0) is 14.0. The molecule has 0 aliphatic carbocycles. The van der Waals surface area contributed by atoms with Crippen LogP contribution in [0.5, 0.6) is 0 Å². The Labute approximate surface area is 111 Å². The van der Waals surface area contributed by atoms with Crippen LogP contribution >= 0.6 is 0 Å². The Morgan fingerprint density at radius 1 is 1.50 bits per heavy atom. The van der Waals surface area contributed by atoms with Crippen molar-refractivity contribution >= 4 is 5.91 Å². The Morgan fingerprint density at radius 3 is 2.72 bits per heavy atom. The second kappa shape index (κ2) is 10.1. The molecule has 0 aliphatic heterocycles. The van der Waals surface area contributed by atoms with Gasteiger partial charge in [-0.05, 0) is 18.8 Å². The molecule has 0 aromatic carbocycles. The summed E-state index contributed by atoms with van der Waals surface area (Å²) in [5.41, 5.74) is 5.95. The molecule has 0 radical (unpaired) electrons. The lowest BCUT2D eigenvalue weighted by molar-refractivity contribution is -0.130. The first-order valence-electron chi connectivity index (χ1n) is 6.67. The maximum atomic E-state index is 11.8. The van der Waals surface area contributed by atoms with Gasteiger partial charge in [0.2, 0.25) is 5.91 Å². The summed E-state index contributed by atoms with van der Waals surface area (Å²) >= 11 is 0. The van der Waals surface area contributed by atoms with Gasteiger partial charge in [-0.15, -0.1) is 6.58 Å². The van der Waals surface area contributed by atoms with E-state index in [1.807, 2.05) is 7.05 Å². The molecule has 1 unspecified atom stereocenters. The molecule has 0 spiro atoms. The first-order valence-corrected chi connectivity index (χ1v) is 6.67. The highest BCUT2D eigenvalue weighted by Crippen LogP contribution is 2.05. The second-order valence-electron chi connectivity index (χ2n) is 4.98. The minimum Gasteiger partial charge on any atom is -0.377 e. The lowest BCUT2D eigenvalue weighted by Gasteiger charge is -2.21. The molecule has 4 nitrogen and oxygen atoms in total. The van der Waals surface area contributed by atoms with Crippen LogP contribution < -0.4 is 5.73 Å². The molecule has 0 aromatic heterocycles. The van der Waals surface area contributed by atoms with Gasteiger partial charge in [-0.2, -0.15) is 0 Å². The Hall–Kier alpha value is -0.870. The Morgan fingerprint density at radius 2 is 2.17 bits per heavy atom. The number of hydrogen-bond donors (Lipinski definition) is 1. The van der Waals surface area contributed by atoms with Crippen molar-refractivity contribution in [2.24, 2.45) is 11.7 Å². The molecule has 0 aliphatic rings. The van der Waals surface area contributed by atoms with Crippen molar-refractivity contribution in [3.05, 3.63) is 12.7 Å². The quantitative estimate of drug-likeness (QED) is 0.479. The second-order valence-corrected chi connectivity index (χ2v) is 4.98. The van der Waals surface area contributed by atoms with Gasteiger partial charge in [0.05, 0.1) is 6.61 Å². The molecule has 0 bridgehead atoms. The molecule has 106 valence electrons. The van der Waals surface area contributed by atoms with Crippen LogP contribution in [0.25, 0.3) is 0 Å². The maximum absolute atomic E-state index is 11.8. The van der Waals surface area contributed by atoms with Crippen molar-refractivity contribution in [1.29, 1.82) is 0 Å². The van der Waals surface area contributed by atoms with Gasteiger partial charge in [-0.3, -0.25) is 4.79 Å². The average Bonchev–Trinajstić information content (AvgIpc) is 2.34. The van der Waals surface area contributed by atoms with Crippen LogP contribution in [0.3, 0.4) is 0 Å². The largest absolute Gasteiger partial charge is 0.377 e. The predicted molar refractivity (Wildman–Crippen MR) is 75.3 cm³/mol. The van der Waals surface area contributed by atoms with Gasteiger partial charge in [0.15, 0.2) is 0 Å². The summed E-state index contributed by atoms with van der Waals surface area (Å²) in [6, 6.07) is 0.163. The molecular formula is C14H28N2O2. The first kappa shape index (κ1) is 17.1. The van der Waals surface area contributed by atoms with E-state index in [4.69, 9.17) is 10.5 Å². The van der Waals surface area contributed by atoms with Crippen LogP contribution in [-0.2, 0) is 9.53 Å². The molecule has 0 heterocycles. The van der Waals surface area contributed by atoms with Crippen LogP contribution in [0.1, 0.15) is 33.1 Å². The Kier molecular flexibility index (Phi) is 9.60. The fourth-order valence-corrected chi connectivity index (χ4v) is 1.48. The third-order valence-electron chi connectivity index (χ3n) is 2.99. The maximum Gasteiger partial charge on any atom is 0.222 e. The van der Waals surface area contributed by atoms with E-state index in [1.54, 1.807) is 11.0 Å². The minimum atomic E-state index is 0.160. The monoisotopic (exact) mass is 256 g/mol. The zero-order valence-corrected chi connectivity index (χ0v) is 12.0. The molecule has 0 fully saturated rings. The highest BCUT2D eigenvalue weighted by atomic mass is 16.5. The fraction of sp³-hybridized carbons (Fsp3) is 0.786. The van der Waals surface area contributed by atoms with Gasteiger partial charge in [-0.1, -0.05) is 19.9 Å². The topological polar surface area (TPSA) is 55.6 Å². The van der Waals surface area contributed by atoms with E-state index in [0.29, 0.717) is 25.6 Å². The van der Waals surface area contributed by atoms with Gasteiger partial charge < -0.3 is 15.4 Å². The van der Waals surface area contributed by atoms with Gasteiger partial charge in [0.25, 0.3) is 0 Å². The van der Waals surface area contributed by atoms with Crippen molar-refractivity contribution in [2.45, 2.75) is 39.2 Å². The van der Waals surface area contributed by atoms with Crippen LogP contribution in [0, 0.1) is 5.92 Å². The predicted octanol–water partition coefficient (Wildman–Crippen LogP) is 1.80. The standard InChI is InChI=1S/C14H28N2O2/c1-5-10-18-11-6-7-14(17)16(4)9-8-13(15)12(2)3/h5,12-13H,1,6-11,15H2,2-4H3. The lowest BCUT2D eigenvalue weighted by atomic mass is 10.0. The molecule has 1 amide bonds. The highest BCUT2D eigenvalue weighted by molar-refractivity contribution is 5.75. The summed E-state index contributed by atoms with van der Waals surface area (Å²) in [6.07, 6.45) is 3.85. The van der Waals surface area contributed by atoms with E-state index in [1.165, 1.54) is 0 Å².